The molecule has 0 aliphatic carbocycles. The largest absolute Gasteiger partial charge is 0.370 e. The van der Waals surface area contributed by atoms with Crippen molar-refractivity contribution in [2.24, 2.45) is 5.92 Å². The van der Waals surface area contributed by atoms with Gasteiger partial charge in [-0.25, -0.2) is 0 Å². The van der Waals surface area contributed by atoms with E-state index in [0.717, 1.165) is 0 Å². The number of benzene rings is 1. The van der Waals surface area contributed by atoms with E-state index in [1.165, 1.54) is 0 Å². The second-order valence-corrected chi connectivity index (χ2v) is 4.95. The Hall–Kier alpha value is -0.570. The lowest BCUT2D eigenvalue weighted by atomic mass is 9.97. The first-order chi connectivity index (χ1) is 7.97. The van der Waals surface area contributed by atoms with Gasteiger partial charge in [-0.2, -0.15) is 0 Å². The van der Waals surface area contributed by atoms with Gasteiger partial charge in [-0.05, 0) is 31.0 Å². The number of Topliss-reactive ketones (excluding diaryl/α,β-unsaturated/α-hetero) is 1. The Labute approximate surface area is 112 Å². The van der Waals surface area contributed by atoms with E-state index in [9.17, 15) is 4.79 Å². The van der Waals surface area contributed by atoms with Crippen LogP contribution in [0.4, 0.5) is 0 Å². The molecule has 4 heteroatoms. The fraction of sp³-hybridized carbons (Fsp3) is 0.462. The molecule has 0 heterocycles. The van der Waals surface area contributed by atoms with Gasteiger partial charge >= 0.3 is 0 Å². The minimum absolute atomic E-state index is 0.0949. The molecule has 0 fully saturated rings. The Morgan fingerprint density at radius 3 is 2.53 bits per heavy atom. The quantitative estimate of drug-likeness (QED) is 0.751. The average molecular weight is 275 g/mol. The number of hydrogen-bond donors (Lipinski definition) is 0. The Bertz CT molecular complexity index is 402. The fourth-order valence-corrected chi connectivity index (χ4v) is 1.97. The summed E-state index contributed by atoms with van der Waals surface area (Å²) in [5.41, 5.74) is 0.423. The van der Waals surface area contributed by atoms with E-state index in [1.54, 1.807) is 18.2 Å². The predicted molar refractivity (Wildman–Crippen MR) is 71.0 cm³/mol. The van der Waals surface area contributed by atoms with Crippen molar-refractivity contribution in [3.05, 3.63) is 33.8 Å². The zero-order valence-electron chi connectivity index (χ0n) is 10.2. The van der Waals surface area contributed by atoms with E-state index in [-0.39, 0.29) is 11.7 Å². The molecular formula is C13H16Cl2O2. The van der Waals surface area contributed by atoms with E-state index in [4.69, 9.17) is 27.9 Å². The van der Waals surface area contributed by atoms with E-state index >= 15 is 0 Å². The van der Waals surface area contributed by atoms with Crippen molar-refractivity contribution in [3.63, 3.8) is 0 Å². The molecule has 0 saturated heterocycles. The van der Waals surface area contributed by atoms with Crippen LogP contribution in [0.2, 0.25) is 10.0 Å². The van der Waals surface area contributed by atoms with E-state index < -0.39 is 6.10 Å². The molecule has 0 N–H and O–H groups in total. The number of ether oxygens (including phenoxy) is 1. The fourth-order valence-electron chi connectivity index (χ4n) is 1.59. The summed E-state index contributed by atoms with van der Waals surface area (Å²) in [5, 5.41) is 0.904. The SMILES string of the molecule is CCOC(C(=O)c1cc(Cl)ccc1Cl)C(C)C. The summed E-state index contributed by atoms with van der Waals surface area (Å²) in [7, 11) is 0. The van der Waals surface area contributed by atoms with E-state index in [1.807, 2.05) is 20.8 Å². The summed E-state index contributed by atoms with van der Waals surface area (Å²) < 4.78 is 5.46. The summed E-state index contributed by atoms with van der Waals surface area (Å²) >= 11 is 11.9. The highest BCUT2D eigenvalue weighted by atomic mass is 35.5. The maximum absolute atomic E-state index is 12.3. The molecule has 0 aromatic heterocycles. The van der Waals surface area contributed by atoms with Crippen LogP contribution in [0.25, 0.3) is 0 Å². The first kappa shape index (κ1) is 14.5. The van der Waals surface area contributed by atoms with Crippen LogP contribution in [0, 0.1) is 5.92 Å². The zero-order valence-corrected chi connectivity index (χ0v) is 11.7. The third kappa shape index (κ3) is 3.70. The normalized spacial score (nSPS) is 12.8. The molecule has 0 spiro atoms. The molecule has 1 unspecified atom stereocenters. The van der Waals surface area contributed by atoms with Gasteiger partial charge in [0.25, 0.3) is 0 Å². The lowest BCUT2D eigenvalue weighted by Crippen LogP contribution is -2.30. The standard InChI is InChI=1S/C13H16Cl2O2/c1-4-17-13(8(2)3)12(16)10-7-9(14)5-6-11(10)15/h5-8,13H,4H2,1-3H3. The molecule has 1 rings (SSSR count). The van der Waals surface area contributed by atoms with E-state index in [0.29, 0.717) is 22.2 Å². The number of hydrogen-bond acceptors (Lipinski definition) is 2. The Kier molecular flexibility index (Phi) is 5.44. The number of halogens is 2. The molecule has 0 radical (unpaired) electrons. The van der Waals surface area contributed by atoms with Crippen molar-refractivity contribution in [1.29, 1.82) is 0 Å². The lowest BCUT2D eigenvalue weighted by Gasteiger charge is -2.20. The molecule has 1 aromatic rings. The van der Waals surface area contributed by atoms with Crippen LogP contribution in [-0.4, -0.2) is 18.5 Å². The number of ketones is 1. The summed E-state index contributed by atoms with van der Waals surface area (Å²) in [6.07, 6.45) is -0.476. The molecular weight excluding hydrogens is 259 g/mol. The topological polar surface area (TPSA) is 26.3 Å². The van der Waals surface area contributed by atoms with E-state index in [2.05, 4.69) is 0 Å². The molecule has 0 amide bonds. The predicted octanol–water partition coefficient (Wildman–Crippen LogP) is 4.24. The molecule has 94 valence electrons. The number of carbonyl (C=O) groups excluding carboxylic acids is 1. The molecule has 1 atom stereocenters. The molecule has 0 aliphatic heterocycles. The highest BCUT2D eigenvalue weighted by Crippen LogP contribution is 2.24. The average Bonchev–Trinajstić information content (AvgIpc) is 2.28. The molecule has 1 aromatic carbocycles. The summed E-state index contributed by atoms with van der Waals surface area (Å²) in [4.78, 5) is 12.3. The smallest absolute Gasteiger partial charge is 0.193 e. The van der Waals surface area contributed by atoms with Crippen LogP contribution in [0.15, 0.2) is 18.2 Å². The van der Waals surface area contributed by atoms with Gasteiger partial charge in [-0.1, -0.05) is 37.0 Å². The summed E-state index contributed by atoms with van der Waals surface area (Å²) in [5.74, 6) is -0.0214. The number of carbonyl (C=O) groups is 1. The Morgan fingerprint density at radius 1 is 1.35 bits per heavy atom. The van der Waals surface area contributed by atoms with Gasteiger partial charge in [0.05, 0.1) is 5.02 Å². The minimum atomic E-state index is -0.476. The van der Waals surface area contributed by atoms with Crippen molar-refractivity contribution < 1.29 is 9.53 Å². The number of rotatable bonds is 5. The van der Waals surface area contributed by atoms with Gasteiger partial charge in [0.2, 0.25) is 0 Å². The maximum Gasteiger partial charge on any atom is 0.193 e. The van der Waals surface area contributed by atoms with Crippen LogP contribution in [0.1, 0.15) is 31.1 Å². The van der Waals surface area contributed by atoms with Crippen molar-refractivity contribution in [2.75, 3.05) is 6.61 Å². The maximum atomic E-state index is 12.3. The van der Waals surface area contributed by atoms with Crippen LogP contribution < -0.4 is 0 Å². The highest BCUT2D eigenvalue weighted by Gasteiger charge is 2.25. The zero-order chi connectivity index (χ0) is 13.0. The highest BCUT2D eigenvalue weighted by molar-refractivity contribution is 6.36. The van der Waals surface area contributed by atoms with Gasteiger partial charge in [0, 0.05) is 17.2 Å². The Balaban J connectivity index is 3.04. The van der Waals surface area contributed by atoms with Gasteiger partial charge in [-0.3, -0.25) is 4.79 Å². The van der Waals surface area contributed by atoms with Crippen LogP contribution in [0.3, 0.4) is 0 Å². The second-order valence-electron chi connectivity index (χ2n) is 4.11. The van der Waals surface area contributed by atoms with Crippen molar-refractivity contribution in [2.45, 2.75) is 26.9 Å². The molecule has 0 bridgehead atoms. The van der Waals surface area contributed by atoms with Crippen molar-refractivity contribution in [1.82, 2.24) is 0 Å². The van der Waals surface area contributed by atoms with Crippen molar-refractivity contribution >= 4 is 29.0 Å². The lowest BCUT2D eigenvalue weighted by molar-refractivity contribution is 0.0280. The molecule has 17 heavy (non-hydrogen) atoms. The van der Waals surface area contributed by atoms with Gasteiger partial charge in [0.15, 0.2) is 5.78 Å². The van der Waals surface area contributed by atoms with Crippen LogP contribution in [-0.2, 0) is 4.74 Å². The van der Waals surface area contributed by atoms with Crippen LogP contribution >= 0.6 is 23.2 Å². The first-order valence-electron chi connectivity index (χ1n) is 5.58. The summed E-state index contributed by atoms with van der Waals surface area (Å²) in [6, 6.07) is 4.87. The molecule has 2 nitrogen and oxygen atoms in total. The first-order valence-corrected chi connectivity index (χ1v) is 6.33. The summed E-state index contributed by atoms with van der Waals surface area (Å²) in [6.45, 7) is 6.24. The van der Waals surface area contributed by atoms with Gasteiger partial charge in [-0.15, -0.1) is 0 Å². The van der Waals surface area contributed by atoms with Crippen LogP contribution in [0.5, 0.6) is 0 Å². The Morgan fingerprint density at radius 2 is 2.00 bits per heavy atom. The molecule has 0 saturated carbocycles. The third-order valence-corrected chi connectivity index (χ3v) is 2.97. The minimum Gasteiger partial charge on any atom is -0.370 e. The monoisotopic (exact) mass is 274 g/mol. The van der Waals surface area contributed by atoms with Gasteiger partial charge < -0.3 is 4.74 Å². The third-order valence-electron chi connectivity index (χ3n) is 2.40. The molecule has 0 aliphatic rings. The van der Waals surface area contributed by atoms with Crippen molar-refractivity contribution in [3.8, 4) is 0 Å². The van der Waals surface area contributed by atoms with Gasteiger partial charge in [0.1, 0.15) is 6.10 Å². The second kappa shape index (κ2) is 6.39.